The summed E-state index contributed by atoms with van der Waals surface area (Å²) in [5, 5.41) is 10.6. The Hall–Kier alpha value is -2.67. The number of hydrogen-bond donors (Lipinski definition) is 2. The summed E-state index contributed by atoms with van der Waals surface area (Å²) in [6, 6.07) is 10.9. The van der Waals surface area contributed by atoms with Gasteiger partial charge in [-0.15, -0.1) is 0 Å². The molecule has 0 aliphatic carbocycles. The number of amides is 1. The molecule has 0 radical (unpaired) electrons. The number of rotatable bonds is 7. The summed E-state index contributed by atoms with van der Waals surface area (Å²) >= 11 is 0. The van der Waals surface area contributed by atoms with Gasteiger partial charge in [-0.2, -0.15) is 13.2 Å². The van der Waals surface area contributed by atoms with Crippen LogP contribution in [0, 0.1) is 0 Å². The Kier molecular flexibility index (Phi) is 6.05. The molecule has 0 saturated heterocycles. The molecule has 0 aliphatic heterocycles. The van der Waals surface area contributed by atoms with Crippen LogP contribution in [-0.4, -0.2) is 22.4 Å². The van der Waals surface area contributed by atoms with Gasteiger partial charge in [0.05, 0.1) is 5.56 Å². The van der Waals surface area contributed by atoms with Crippen molar-refractivity contribution in [3.05, 3.63) is 70.8 Å². The van der Waals surface area contributed by atoms with Gasteiger partial charge in [-0.25, -0.2) is 0 Å². The molecule has 2 aromatic carbocycles. The van der Waals surface area contributed by atoms with Gasteiger partial charge >= 0.3 is 6.18 Å². The van der Waals surface area contributed by atoms with Gasteiger partial charge < -0.3 is 10.8 Å². The van der Waals surface area contributed by atoms with E-state index in [2.05, 4.69) is 0 Å². The first-order valence-electron chi connectivity index (χ1n) is 8.36. The topological polar surface area (TPSA) is 80.4 Å². The number of Topliss-reactive ketones (excluding diaryl/α,β-unsaturated/α-hetero) is 1. The minimum absolute atomic E-state index is 0.207. The standard InChI is InChI=1S/C20H20F3NO3/c1-2-13-5-3-6-14(9-13)11-19(27,18(24)26)12-17(25)15-7-4-8-16(10-15)20(21,22)23/h3-10,27H,2,11-12H2,1H3,(H2,24,26). The molecule has 7 heteroatoms. The molecule has 2 rings (SSSR count). The van der Waals surface area contributed by atoms with Gasteiger partial charge in [-0.05, 0) is 29.7 Å². The summed E-state index contributed by atoms with van der Waals surface area (Å²) in [7, 11) is 0. The molecule has 144 valence electrons. The average Bonchev–Trinajstić information content (AvgIpc) is 2.61. The number of aliphatic hydroxyl groups is 1. The molecule has 4 nitrogen and oxygen atoms in total. The smallest absolute Gasteiger partial charge is 0.379 e. The summed E-state index contributed by atoms with van der Waals surface area (Å²) in [5.41, 5.74) is 3.45. The van der Waals surface area contributed by atoms with Crippen LogP contribution in [0.25, 0.3) is 0 Å². The molecule has 0 aromatic heterocycles. The number of ketones is 1. The van der Waals surface area contributed by atoms with Crippen molar-refractivity contribution >= 4 is 11.7 Å². The maximum atomic E-state index is 12.8. The molecule has 1 unspecified atom stereocenters. The maximum absolute atomic E-state index is 12.8. The van der Waals surface area contributed by atoms with Crippen LogP contribution in [0.3, 0.4) is 0 Å². The average molecular weight is 379 g/mol. The summed E-state index contributed by atoms with van der Waals surface area (Å²) in [6.07, 6.45) is -4.77. The third-order valence-corrected chi connectivity index (χ3v) is 4.32. The van der Waals surface area contributed by atoms with Gasteiger partial charge in [0, 0.05) is 18.4 Å². The van der Waals surface area contributed by atoms with Crippen molar-refractivity contribution in [2.45, 2.75) is 38.0 Å². The molecule has 0 spiro atoms. The molecule has 0 saturated carbocycles. The Bertz CT molecular complexity index is 848. The van der Waals surface area contributed by atoms with Crippen LogP contribution in [0.5, 0.6) is 0 Å². The lowest BCUT2D eigenvalue weighted by molar-refractivity contribution is -0.138. The first-order chi connectivity index (χ1) is 12.5. The van der Waals surface area contributed by atoms with Crippen molar-refractivity contribution in [1.29, 1.82) is 0 Å². The second kappa shape index (κ2) is 7.92. The number of aryl methyl sites for hydroxylation is 1. The summed E-state index contributed by atoms with van der Waals surface area (Å²) in [6.45, 7) is 1.94. The van der Waals surface area contributed by atoms with E-state index >= 15 is 0 Å². The van der Waals surface area contributed by atoms with E-state index in [9.17, 15) is 27.9 Å². The zero-order valence-electron chi connectivity index (χ0n) is 14.7. The first kappa shape index (κ1) is 20.6. The molecule has 1 amide bonds. The van der Waals surface area contributed by atoms with Crippen molar-refractivity contribution in [2.24, 2.45) is 5.73 Å². The van der Waals surface area contributed by atoms with Crippen LogP contribution in [0.1, 0.15) is 40.4 Å². The van der Waals surface area contributed by atoms with E-state index in [4.69, 9.17) is 5.73 Å². The highest BCUT2D eigenvalue weighted by atomic mass is 19.4. The van der Waals surface area contributed by atoms with Gasteiger partial charge in [0.15, 0.2) is 11.4 Å². The predicted molar refractivity (Wildman–Crippen MR) is 94.1 cm³/mol. The number of nitrogens with two attached hydrogens (primary N) is 1. The fourth-order valence-corrected chi connectivity index (χ4v) is 2.77. The highest BCUT2D eigenvalue weighted by Crippen LogP contribution is 2.30. The lowest BCUT2D eigenvalue weighted by Gasteiger charge is -2.24. The number of carbonyl (C=O) groups is 2. The third-order valence-electron chi connectivity index (χ3n) is 4.32. The largest absolute Gasteiger partial charge is 0.416 e. The van der Waals surface area contributed by atoms with Crippen LogP contribution in [0.2, 0.25) is 0 Å². The van der Waals surface area contributed by atoms with E-state index in [-0.39, 0.29) is 12.0 Å². The molecular formula is C20H20F3NO3. The van der Waals surface area contributed by atoms with Crippen LogP contribution in [-0.2, 0) is 23.8 Å². The van der Waals surface area contributed by atoms with Gasteiger partial charge in [0.1, 0.15) is 0 Å². The lowest BCUT2D eigenvalue weighted by atomic mass is 9.86. The maximum Gasteiger partial charge on any atom is 0.416 e. The molecule has 27 heavy (non-hydrogen) atoms. The number of benzene rings is 2. The monoisotopic (exact) mass is 379 g/mol. The summed E-state index contributed by atoms with van der Waals surface area (Å²) < 4.78 is 38.5. The highest BCUT2D eigenvalue weighted by molar-refractivity contribution is 6.00. The zero-order chi connectivity index (χ0) is 20.2. The Morgan fingerprint density at radius 1 is 1.04 bits per heavy atom. The quantitative estimate of drug-likeness (QED) is 0.725. The lowest BCUT2D eigenvalue weighted by Crippen LogP contribution is -2.47. The van der Waals surface area contributed by atoms with Crippen LogP contribution < -0.4 is 5.73 Å². The molecule has 0 aliphatic rings. The number of alkyl halides is 3. The summed E-state index contributed by atoms with van der Waals surface area (Å²) in [5.74, 6) is -1.90. The van der Waals surface area contributed by atoms with Crippen LogP contribution >= 0.6 is 0 Å². The molecule has 1 atom stereocenters. The molecular weight excluding hydrogens is 359 g/mol. The Balaban J connectivity index is 2.27. The number of hydrogen-bond acceptors (Lipinski definition) is 3. The number of primary amides is 1. The minimum atomic E-state index is -4.60. The Morgan fingerprint density at radius 3 is 2.26 bits per heavy atom. The molecule has 2 aromatic rings. The predicted octanol–water partition coefficient (Wildman–Crippen LogP) is 3.30. The van der Waals surface area contributed by atoms with Crippen molar-refractivity contribution in [2.75, 3.05) is 0 Å². The first-order valence-corrected chi connectivity index (χ1v) is 8.36. The second-order valence-corrected chi connectivity index (χ2v) is 6.42. The summed E-state index contributed by atoms with van der Waals surface area (Å²) in [4.78, 5) is 24.2. The zero-order valence-corrected chi connectivity index (χ0v) is 14.7. The Labute approximate surface area is 154 Å². The van der Waals surface area contributed by atoms with Gasteiger partial charge in [0.25, 0.3) is 0 Å². The fraction of sp³-hybridized carbons (Fsp3) is 0.300. The normalized spacial score (nSPS) is 13.8. The SMILES string of the molecule is CCc1cccc(CC(O)(CC(=O)c2cccc(C(F)(F)F)c2)C(N)=O)c1. The van der Waals surface area contributed by atoms with E-state index in [0.717, 1.165) is 24.1 Å². The number of carbonyl (C=O) groups excluding carboxylic acids is 2. The molecule has 0 fully saturated rings. The van der Waals surface area contributed by atoms with Gasteiger partial charge in [-0.3, -0.25) is 9.59 Å². The van der Waals surface area contributed by atoms with E-state index in [1.807, 2.05) is 13.0 Å². The van der Waals surface area contributed by atoms with Crippen molar-refractivity contribution in [3.8, 4) is 0 Å². The molecule has 3 N–H and O–H groups in total. The molecule has 0 heterocycles. The van der Waals surface area contributed by atoms with Crippen molar-refractivity contribution in [3.63, 3.8) is 0 Å². The van der Waals surface area contributed by atoms with E-state index in [0.29, 0.717) is 11.6 Å². The van der Waals surface area contributed by atoms with Crippen molar-refractivity contribution in [1.82, 2.24) is 0 Å². The second-order valence-electron chi connectivity index (χ2n) is 6.42. The van der Waals surface area contributed by atoms with Crippen molar-refractivity contribution < 1.29 is 27.9 Å². The van der Waals surface area contributed by atoms with E-state index in [1.165, 1.54) is 6.07 Å². The van der Waals surface area contributed by atoms with E-state index in [1.54, 1.807) is 18.2 Å². The minimum Gasteiger partial charge on any atom is -0.379 e. The molecule has 0 bridgehead atoms. The third kappa shape index (κ3) is 5.17. The van der Waals surface area contributed by atoms with E-state index < -0.39 is 35.5 Å². The highest BCUT2D eigenvalue weighted by Gasteiger charge is 2.37. The number of halogens is 3. The van der Waals surface area contributed by atoms with Crippen LogP contribution in [0.15, 0.2) is 48.5 Å². The van der Waals surface area contributed by atoms with Crippen LogP contribution in [0.4, 0.5) is 13.2 Å². The van der Waals surface area contributed by atoms with Gasteiger partial charge in [0.2, 0.25) is 5.91 Å². The fourth-order valence-electron chi connectivity index (χ4n) is 2.77. The Morgan fingerprint density at radius 2 is 1.67 bits per heavy atom. The van der Waals surface area contributed by atoms with Gasteiger partial charge in [-0.1, -0.05) is 43.3 Å².